The van der Waals surface area contributed by atoms with Gasteiger partial charge in [0.05, 0.1) is 12.2 Å². The molecule has 2 aliphatic heterocycles. The van der Waals surface area contributed by atoms with Crippen molar-refractivity contribution in [1.82, 2.24) is 20.2 Å². The van der Waals surface area contributed by atoms with Crippen LogP contribution in [0.15, 0.2) is 18.6 Å². The zero-order valence-corrected chi connectivity index (χ0v) is 11.5. The van der Waals surface area contributed by atoms with Gasteiger partial charge in [-0.1, -0.05) is 0 Å². The first-order chi connectivity index (χ1) is 9.34. The SMILES string of the molecule is O=C(C1CSCN1)N1CCN(c2cnccn2)CC1. The van der Waals surface area contributed by atoms with Gasteiger partial charge in [-0.15, -0.1) is 11.8 Å². The molecule has 2 aliphatic rings. The van der Waals surface area contributed by atoms with E-state index in [0.29, 0.717) is 0 Å². The van der Waals surface area contributed by atoms with E-state index in [9.17, 15) is 4.79 Å². The summed E-state index contributed by atoms with van der Waals surface area (Å²) in [6.07, 6.45) is 5.14. The van der Waals surface area contributed by atoms with E-state index in [1.165, 1.54) is 0 Å². The van der Waals surface area contributed by atoms with Crippen LogP contribution in [0.4, 0.5) is 5.82 Å². The molecule has 3 heterocycles. The van der Waals surface area contributed by atoms with Crippen LogP contribution in [0.3, 0.4) is 0 Å². The lowest BCUT2D eigenvalue weighted by atomic mass is 10.2. The summed E-state index contributed by atoms with van der Waals surface area (Å²) in [5, 5.41) is 3.23. The summed E-state index contributed by atoms with van der Waals surface area (Å²) in [6, 6.07) is 0.00747. The van der Waals surface area contributed by atoms with Crippen LogP contribution in [-0.4, -0.2) is 64.6 Å². The fourth-order valence-electron chi connectivity index (χ4n) is 2.38. The molecule has 6 nitrogen and oxygen atoms in total. The minimum Gasteiger partial charge on any atom is -0.352 e. The molecule has 1 aromatic rings. The molecule has 1 amide bonds. The Morgan fingerprint density at radius 1 is 1.32 bits per heavy atom. The van der Waals surface area contributed by atoms with Gasteiger partial charge in [-0.25, -0.2) is 4.98 Å². The van der Waals surface area contributed by atoms with Crippen LogP contribution in [-0.2, 0) is 4.79 Å². The van der Waals surface area contributed by atoms with Crippen molar-refractivity contribution < 1.29 is 4.79 Å². The standard InChI is InChI=1S/C12H17N5OS/c18-12(10-8-19-9-15-10)17-5-3-16(4-6-17)11-7-13-1-2-14-11/h1-2,7,10,15H,3-6,8-9H2. The highest BCUT2D eigenvalue weighted by molar-refractivity contribution is 7.99. The number of thioether (sulfide) groups is 1. The second-order valence-electron chi connectivity index (χ2n) is 4.65. The van der Waals surface area contributed by atoms with Crippen LogP contribution in [0.25, 0.3) is 0 Å². The molecule has 2 saturated heterocycles. The summed E-state index contributed by atoms with van der Waals surface area (Å²) in [5.74, 6) is 2.91. The first-order valence-corrected chi connectivity index (χ1v) is 7.61. The highest BCUT2D eigenvalue weighted by atomic mass is 32.2. The maximum Gasteiger partial charge on any atom is 0.240 e. The number of nitrogens with zero attached hydrogens (tertiary/aromatic N) is 4. The number of rotatable bonds is 2. The van der Waals surface area contributed by atoms with Gasteiger partial charge in [0, 0.05) is 50.2 Å². The van der Waals surface area contributed by atoms with Crippen molar-refractivity contribution >= 4 is 23.5 Å². The van der Waals surface area contributed by atoms with Crippen LogP contribution in [0.2, 0.25) is 0 Å². The van der Waals surface area contributed by atoms with E-state index < -0.39 is 0 Å². The fraction of sp³-hybridized carbons (Fsp3) is 0.583. The first kappa shape index (κ1) is 12.7. The van der Waals surface area contributed by atoms with Crippen LogP contribution in [0.1, 0.15) is 0 Å². The predicted molar refractivity (Wildman–Crippen MR) is 75.1 cm³/mol. The number of hydrogen-bond donors (Lipinski definition) is 1. The number of anilines is 1. The van der Waals surface area contributed by atoms with Gasteiger partial charge in [-0.2, -0.15) is 0 Å². The van der Waals surface area contributed by atoms with Crippen LogP contribution in [0, 0.1) is 0 Å². The number of hydrogen-bond acceptors (Lipinski definition) is 6. The molecule has 1 unspecified atom stereocenters. The molecule has 0 radical (unpaired) electrons. The van der Waals surface area contributed by atoms with Crippen molar-refractivity contribution in [2.24, 2.45) is 0 Å². The monoisotopic (exact) mass is 279 g/mol. The Morgan fingerprint density at radius 2 is 2.16 bits per heavy atom. The zero-order chi connectivity index (χ0) is 13.1. The lowest BCUT2D eigenvalue weighted by Crippen LogP contribution is -2.53. The Morgan fingerprint density at radius 3 is 2.79 bits per heavy atom. The topological polar surface area (TPSA) is 61.4 Å². The summed E-state index contributed by atoms with van der Waals surface area (Å²) in [4.78, 5) is 24.7. The van der Waals surface area contributed by atoms with E-state index >= 15 is 0 Å². The second-order valence-corrected chi connectivity index (χ2v) is 5.68. The van der Waals surface area contributed by atoms with Gasteiger partial charge in [-0.05, 0) is 0 Å². The summed E-state index contributed by atoms with van der Waals surface area (Å²) in [5.41, 5.74) is 0. The zero-order valence-electron chi connectivity index (χ0n) is 10.7. The van der Waals surface area contributed by atoms with E-state index in [1.807, 2.05) is 4.90 Å². The molecular weight excluding hydrogens is 262 g/mol. The largest absolute Gasteiger partial charge is 0.352 e. The van der Waals surface area contributed by atoms with Gasteiger partial charge in [0.2, 0.25) is 5.91 Å². The van der Waals surface area contributed by atoms with Gasteiger partial charge in [-0.3, -0.25) is 15.1 Å². The molecule has 0 spiro atoms. The van der Waals surface area contributed by atoms with E-state index in [2.05, 4.69) is 20.2 Å². The van der Waals surface area contributed by atoms with Crippen molar-refractivity contribution in [3.8, 4) is 0 Å². The van der Waals surface area contributed by atoms with Crippen molar-refractivity contribution in [3.05, 3.63) is 18.6 Å². The van der Waals surface area contributed by atoms with Gasteiger partial charge in [0.15, 0.2) is 0 Å². The van der Waals surface area contributed by atoms with Gasteiger partial charge < -0.3 is 9.80 Å². The maximum absolute atomic E-state index is 12.2. The molecule has 102 valence electrons. The second kappa shape index (κ2) is 5.75. The lowest BCUT2D eigenvalue weighted by molar-refractivity contribution is -0.132. The molecule has 0 saturated carbocycles. The Hall–Kier alpha value is -1.34. The number of aromatic nitrogens is 2. The molecular formula is C12H17N5OS. The fourth-order valence-corrected chi connectivity index (χ4v) is 3.32. The third-order valence-corrected chi connectivity index (χ3v) is 4.42. The lowest BCUT2D eigenvalue weighted by Gasteiger charge is -2.36. The maximum atomic E-state index is 12.2. The molecule has 2 fully saturated rings. The minimum atomic E-state index is 0.00747. The smallest absolute Gasteiger partial charge is 0.240 e. The van der Waals surface area contributed by atoms with Gasteiger partial charge in [0.25, 0.3) is 0 Å². The Labute approximate surface area is 116 Å². The Balaban J connectivity index is 1.56. The predicted octanol–water partition coefficient (Wildman–Crippen LogP) is -0.212. The molecule has 1 N–H and O–H groups in total. The third kappa shape index (κ3) is 2.82. The van der Waals surface area contributed by atoms with E-state index in [-0.39, 0.29) is 11.9 Å². The highest BCUT2D eigenvalue weighted by Gasteiger charge is 2.29. The number of nitrogens with one attached hydrogen (secondary N) is 1. The van der Waals surface area contributed by atoms with E-state index in [0.717, 1.165) is 43.6 Å². The number of carbonyl (C=O) groups is 1. The average molecular weight is 279 g/mol. The number of carbonyl (C=O) groups excluding carboxylic acids is 1. The minimum absolute atomic E-state index is 0.00747. The van der Waals surface area contributed by atoms with Crippen LogP contribution < -0.4 is 10.2 Å². The molecule has 1 aromatic heterocycles. The third-order valence-electron chi connectivity index (χ3n) is 3.48. The van der Waals surface area contributed by atoms with Gasteiger partial charge >= 0.3 is 0 Å². The van der Waals surface area contributed by atoms with Crippen molar-refractivity contribution in [2.75, 3.05) is 42.7 Å². The Bertz CT molecular complexity index is 429. The van der Waals surface area contributed by atoms with Crippen molar-refractivity contribution in [1.29, 1.82) is 0 Å². The summed E-state index contributed by atoms with van der Waals surface area (Å²) < 4.78 is 0. The highest BCUT2D eigenvalue weighted by Crippen LogP contribution is 2.15. The number of piperazine rings is 1. The summed E-state index contributed by atoms with van der Waals surface area (Å²) in [6.45, 7) is 3.17. The Kier molecular flexibility index (Phi) is 3.84. The van der Waals surface area contributed by atoms with Crippen molar-refractivity contribution in [3.63, 3.8) is 0 Å². The molecule has 0 bridgehead atoms. The molecule has 3 rings (SSSR count). The quantitative estimate of drug-likeness (QED) is 0.808. The van der Waals surface area contributed by atoms with Crippen molar-refractivity contribution in [2.45, 2.75) is 6.04 Å². The normalized spacial score (nSPS) is 23.7. The van der Waals surface area contributed by atoms with E-state index in [1.54, 1.807) is 30.4 Å². The molecule has 7 heteroatoms. The van der Waals surface area contributed by atoms with E-state index in [4.69, 9.17) is 0 Å². The molecule has 1 atom stereocenters. The molecule has 0 aromatic carbocycles. The number of amides is 1. The molecule has 19 heavy (non-hydrogen) atoms. The van der Waals surface area contributed by atoms with Crippen LogP contribution >= 0.6 is 11.8 Å². The van der Waals surface area contributed by atoms with Crippen LogP contribution in [0.5, 0.6) is 0 Å². The molecule has 0 aliphatic carbocycles. The summed E-state index contributed by atoms with van der Waals surface area (Å²) >= 11 is 1.78. The summed E-state index contributed by atoms with van der Waals surface area (Å²) in [7, 11) is 0. The first-order valence-electron chi connectivity index (χ1n) is 6.45. The van der Waals surface area contributed by atoms with Gasteiger partial charge in [0.1, 0.15) is 5.82 Å². The average Bonchev–Trinajstić information content (AvgIpc) is 3.02.